The normalized spacial score (nSPS) is 10.5. The van der Waals surface area contributed by atoms with Crippen molar-refractivity contribution in [3.8, 4) is 22.9 Å². The van der Waals surface area contributed by atoms with Crippen LogP contribution in [0.5, 0.6) is 11.5 Å². The molecule has 0 atom stereocenters. The molecule has 2 aromatic rings. The van der Waals surface area contributed by atoms with Gasteiger partial charge in [0.25, 0.3) is 0 Å². The van der Waals surface area contributed by atoms with Gasteiger partial charge in [-0.1, -0.05) is 0 Å². The predicted molar refractivity (Wildman–Crippen MR) is 72.3 cm³/mol. The molecule has 1 aromatic heterocycles. The van der Waals surface area contributed by atoms with Crippen molar-refractivity contribution >= 4 is 0 Å². The van der Waals surface area contributed by atoms with Crippen LogP contribution in [0.2, 0.25) is 0 Å². The van der Waals surface area contributed by atoms with Crippen LogP contribution in [0.3, 0.4) is 0 Å². The van der Waals surface area contributed by atoms with Gasteiger partial charge < -0.3 is 15.2 Å². The first-order chi connectivity index (χ1) is 9.19. The van der Waals surface area contributed by atoms with Crippen LogP contribution in [-0.2, 0) is 13.5 Å². The lowest BCUT2D eigenvalue weighted by Crippen LogP contribution is -2.08. The van der Waals surface area contributed by atoms with Crippen molar-refractivity contribution in [2.75, 3.05) is 20.8 Å². The average molecular weight is 262 g/mol. The Labute approximate surface area is 112 Å². The van der Waals surface area contributed by atoms with Crippen molar-refractivity contribution in [2.45, 2.75) is 6.42 Å². The number of aryl methyl sites for hydroxylation is 1. The van der Waals surface area contributed by atoms with Gasteiger partial charge in [0.2, 0.25) is 0 Å². The Balaban J connectivity index is 2.38. The summed E-state index contributed by atoms with van der Waals surface area (Å²) in [7, 11) is 5.07. The summed E-state index contributed by atoms with van der Waals surface area (Å²) in [6, 6.07) is 5.61. The minimum absolute atomic E-state index is 0.553. The van der Waals surface area contributed by atoms with Gasteiger partial charge in [-0.05, 0) is 24.7 Å². The summed E-state index contributed by atoms with van der Waals surface area (Å²) >= 11 is 0. The molecule has 2 rings (SSSR count). The van der Waals surface area contributed by atoms with Gasteiger partial charge in [0, 0.05) is 19.0 Å². The van der Waals surface area contributed by atoms with Crippen molar-refractivity contribution in [1.29, 1.82) is 0 Å². The first-order valence-corrected chi connectivity index (χ1v) is 6.02. The van der Waals surface area contributed by atoms with Gasteiger partial charge in [-0.15, -0.1) is 0 Å². The molecule has 0 aliphatic carbocycles. The number of hydrogen-bond donors (Lipinski definition) is 1. The molecule has 0 unspecified atom stereocenters. The minimum Gasteiger partial charge on any atom is -0.493 e. The minimum atomic E-state index is 0.553. The Morgan fingerprint density at radius 2 is 1.95 bits per heavy atom. The quantitative estimate of drug-likeness (QED) is 0.870. The molecule has 0 saturated heterocycles. The van der Waals surface area contributed by atoms with E-state index < -0.39 is 0 Å². The molecule has 0 fully saturated rings. The lowest BCUT2D eigenvalue weighted by Gasteiger charge is -2.07. The van der Waals surface area contributed by atoms with E-state index in [2.05, 4.69) is 10.1 Å². The van der Waals surface area contributed by atoms with Crippen LogP contribution in [-0.4, -0.2) is 35.5 Å². The number of ether oxygens (including phenoxy) is 2. The van der Waals surface area contributed by atoms with Crippen LogP contribution in [0.25, 0.3) is 11.4 Å². The van der Waals surface area contributed by atoms with Gasteiger partial charge in [-0.3, -0.25) is 4.68 Å². The molecule has 19 heavy (non-hydrogen) atoms. The van der Waals surface area contributed by atoms with Gasteiger partial charge in [0.05, 0.1) is 14.2 Å². The third-order valence-electron chi connectivity index (χ3n) is 2.86. The highest BCUT2D eigenvalue weighted by atomic mass is 16.5. The molecule has 0 amide bonds. The highest BCUT2D eigenvalue weighted by Crippen LogP contribution is 2.31. The number of aromatic nitrogens is 3. The summed E-state index contributed by atoms with van der Waals surface area (Å²) in [5.74, 6) is 2.87. The zero-order valence-electron chi connectivity index (χ0n) is 11.4. The second-order valence-electron chi connectivity index (χ2n) is 4.08. The fourth-order valence-electron chi connectivity index (χ4n) is 1.86. The Hall–Kier alpha value is -2.08. The van der Waals surface area contributed by atoms with E-state index in [0.29, 0.717) is 30.3 Å². The SMILES string of the molecule is COc1ccc(-c2nc(CCN)n(C)n2)cc1OC. The zero-order chi connectivity index (χ0) is 13.8. The second kappa shape index (κ2) is 5.71. The zero-order valence-corrected chi connectivity index (χ0v) is 11.4. The second-order valence-corrected chi connectivity index (χ2v) is 4.08. The van der Waals surface area contributed by atoms with Crippen molar-refractivity contribution in [3.05, 3.63) is 24.0 Å². The summed E-state index contributed by atoms with van der Waals surface area (Å²) in [5, 5.41) is 4.38. The number of nitrogens with two attached hydrogens (primary N) is 1. The van der Waals surface area contributed by atoms with E-state index in [-0.39, 0.29) is 0 Å². The molecule has 0 bridgehead atoms. The lowest BCUT2D eigenvalue weighted by atomic mass is 10.2. The number of hydrogen-bond acceptors (Lipinski definition) is 5. The monoisotopic (exact) mass is 262 g/mol. The molecule has 0 radical (unpaired) electrons. The third kappa shape index (κ3) is 2.68. The van der Waals surface area contributed by atoms with E-state index in [9.17, 15) is 0 Å². The Morgan fingerprint density at radius 3 is 2.58 bits per heavy atom. The standard InChI is InChI=1S/C13H18N4O2/c1-17-12(6-7-14)15-13(16-17)9-4-5-10(18-2)11(8-9)19-3/h4-5,8H,6-7,14H2,1-3H3. The van der Waals surface area contributed by atoms with Gasteiger partial charge in [-0.2, -0.15) is 5.10 Å². The molecule has 6 heteroatoms. The van der Waals surface area contributed by atoms with Gasteiger partial charge in [-0.25, -0.2) is 4.98 Å². The molecular weight excluding hydrogens is 244 g/mol. The fourth-order valence-corrected chi connectivity index (χ4v) is 1.86. The largest absolute Gasteiger partial charge is 0.493 e. The molecule has 102 valence electrons. The molecule has 1 heterocycles. The number of nitrogens with zero attached hydrogens (tertiary/aromatic N) is 3. The molecule has 0 aliphatic heterocycles. The topological polar surface area (TPSA) is 75.2 Å². The van der Waals surface area contributed by atoms with Crippen molar-refractivity contribution < 1.29 is 9.47 Å². The highest BCUT2D eigenvalue weighted by molar-refractivity contribution is 5.60. The number of methoxy groups -OCH3 is 2. The van der Waals surface area contributed by atoms with Crippen LogP contribution >= 0.6 is 0 Å². The highest BCUT2D eigenvalue weighted by Gasteiger charge is 2.11. The average Bonchev–Trinajstić information content (AvgIpc) is 2.80. The summed E-state index contributed by atoms with van der Waals surface area (Å²) in [4.78, 5) is 4.48. The smallest absolute Gasteiger partial charge is 0.181 e. The van der Waals surface area contributed by atoms with Crippen LogP contribution in [0.15, 0.2) is 18.2 Å². The van der Waals surface area contributed by atoms with Crippen LogP contribution in [0.1, 0.15) is 5.82 Å². The molecular formula is C13H18N4O2. The van der Waals surface area contributed by atoms with Crippen LogP contribution < -0.4 is 15.2 Å². The van der Waals surface area contributed by atoms with E-state index >= 15 is 0 Å². The maximum absolute atomic E-state index is 5.54. The van der Waals surface area contributed by atoms with E-state index in [4.69, 9.17) is 15.2 Å². The summed E-state index contributed by atoms with van der Waals surface area (Å²) < 4.78 is 12.2. The summed E-state index contributed by atoms with van der Waals surface area (Å²) in [6.45, 7) is 0.553. The molecule has 2 N–H and O–H groups in total. The Morgan fingerprint density at radius 1 is 1.21 bits per heavy atom. The molecule has 0 saturated carbocycles. The van der Waals surface area contributed by atoms with Crippen molar-refractivity contribution in [2.24, 2.45) is 12.8 Å². The lowest BCUT2D eigenvalue weighted by molar-refractivity contribution is 0.355. The fraction of sp³-hybridized carbons (Fsp3) is 0.385. The molecule has 0 aliphatic rings. The Bertz CT molecular complexity index is 566. The van der Waals surface area contributed by atoms with Crippen molar-refractivity contribution in [3.63, 3.8) is 0 Å². The molecule has 6 nitrogen and oxygen atoms in total. The van der Waals surface area contributed by atoms with Crippen LogP contribution in [0, 0.1) is 0 Å². The molecule has 0 spiro atoms. The number of benzene rings is 1. The first-order valence-electron chi connectivity index (χ1n) is 6.02. The van der Waals surface area contributed by atoms with E-state index in [0.717, 1.165) is 11.4 Å². The first kappa shape index (κ1) is 13.4. The Kier molecular flexibility index (Phi) is 4.01. The van der Waals surface area contributed by atoms with E-state index in [1.54, 1.807) is 18.9 Å². The maximum atomic E-state index is 5.54. The van der Waals surface area contributed by atoms with E-state index in [1.807, 2.05) is 25.2 Å². The number of rotatable bonds is 5. The summed E-state index contributed by atoms with van der Waals surface area (Å²) in [6.07, 6.45) is 0.705. The van der Waals surface area contributed by atoms with Gasteiger partial charge >= 0.3 is 0 Å². The van der Waals surface area contributed by atoms with Gasteiger partial charge in [0.1, 0.15) is 5.82 Å². The van der Waals surface area contributed by atoms with Crippen molar-refractivity contribution in [1.82, 2.24) is 14.8 Å². The molecule has 1 aromatic carbocycles. The summed E-state index contributed by atoms with van der Waals surface area (Å²) in [5.41, 5.74) is 6.43. The van der Waals surface area contributed by atoms with Gasteiger partial charge in [0.15, 0.2) is 17.3 Å². The predicted octanol–water partition coefficient (Wildman–Crippen LogP) is 1.00. The van der Waals surface area contributed by atoms with Crippen LogP contribution in [0.4, 0.5) is 0 Å². The third-order valence-corrected chi connectivity index (χ3v) is 2.86. The maximum Gasteiger partial charge on any atom is 0.181 e. The van der Waals surface area contributed by atoms with E-state index in [1.165, 1.54) is 0 Å².